The van der Waals surface area contributed by atoms with Gasteiger partial charge in [-0.1, -0.05) is 0 Å². The van der Waals surface area contributed by atoms with Crippen LogP contribution in [0.1, 0.15) is 11.1 Å². The van der Waals surface area contributed by atoms with Crippen molar-refractivity contribution in [1.29, 1.82) is 0 Å². The molecule has 0 aromatic heterocycles. The van der Waals surface area contributed by atoms with Gasteiger partial charge in [-0.2, -0.15) is 4.31 Å². The molecule has 0 saturated carbocycles. The van der Waals surface area contributed by atoms with Crippen LogP contribution in [0.25, 0.3) is 0 Å². The molecule has 120 valence electrons. The number of ether oxygens (including phenoxy) is 2. The summed E-state index contributed by atoms with van der Waals surface area (Å²) in [6.45, 7) is 4.18. The van der Waals surface area contributed by atoms with Crippen molar-refractivity contribution < 1.29 is 22.3 Å². The maximum atomic E-state index is 13.4. The van der Waals surface area contributed by atoms with E-state index in [1.54, 1.807) is 13.8 Å². The van der Waals surface area contributed by atoms with Gasteiger partial charge < -0.3 is 9.47 Å². The van der Waals surface area contributed by atoms with Crippen LogP contribution in [0.4, 0.5) is 4.39 Å². The zero-order valence-electron chi connectivity index (χ0n) is 12.8. The smallest absolute Gasteiger partial charge is 0.243 e. The molecule has 0 amide bonds. The normalized spacial score (nSPS) is 12.1. The predicted molar refractivity (Wildman–Crippen MR) is 78.4 cm³/mol. The highest BCUT2D eigenvalue weighted by atomic mass is 32.2. The third-order valence-electron chi connectivity index (χ3n) is 3.11. The van der Waals surface area contributed by atoms with Crippen molar-refractivity contribution in [2.75, 3.05) is 40.5 Å². The fourth-order valence-corrected chi connectivity index (χ4v) is 3.99. The SMILES string of the molecule is COCCN(CCOC)S(=O)(=O)c1c(C)cc(F)cc1C. The molecule has 1 aromatic carbocycles. The van der Waals surface area contributed by atoms with Crippen LogP contribution in [0.15, 0.2) is 17.0 Å². The second-order valence-corrected chi connectivity index (χ2v) is 6.63. The predicted octanol–water partition coefficient (Wildman–Crippen LogP) is 1.73. The Kier molecular flexibility index (Phi) is 6.73. The summed E-state index contributed by atoms with van der Waals surface area (Å²) in [7, 11) is -0.698. The van der Waals surface area contributed by atoms with E-state index < -0.39 is 15.8 Å². The van der Waals surface area contributed by atoms with E-state index in [9.17, 15) is 12.8 Å². The molecule has 0 aliphatic heterocycles. The first-order chi connectivity index (χ1) is 9.84. The van der Waals surface area contributed by atoms with Gasteiger partial charge in [0.1, 0.15) is 5.82 Å². The molecule has 0 aliphatic carbocycles. The summed E-state index contributed by atoms with van der Waals surface area (Å²) in [5.41, 5.74) is 0.791. The Balaban J connectivity index is 3.21. The van der Waals surface area contributed by atoms with Crippen LogP contribution in [0, 0.1) is 19.7 Å². The lowest BCUT2D eigenvalue weighted by atomic mass is 10.1. The van der Waals surface area contributed by atoms with Crippen molar-refractivity contribution in [3.05, 3.63) is 29.1 Å². The van der Waals surface area contributed by atoms with E-state index in [0.717, 1.165) is 0 Å². The Morgan fingerprint density at radius 3 is 1.86 bits per heavy atom. The van der Waals surface area contributed by atoms with Gasteiger partial charge in [0.15, 0.2) is 0 Å². The van der Waals surface area contributed by atoms with Crippen LogP contribution in [-0.2, 0) is 19.5 Å². The van der Waals surface area contributed by atoms with E-state index in [2.05, 4.69) is 0 Å². The molecule has 0 saturated heterocycles. The number of halogens is 1. The summed E-state index contributed by atoms with van der Waals surface area (Å²) in [5.74, 6) is -0.440. The number of rotatable bonds is 8. The van der Waals surface area contributed by atoms with Crippen LogP contribution >= 0.6 is 0 Å². The number of benzene rings is 1. The Morgan fingerprint density at radius 1 is 1.05 bits per heavy atom. The Hall–Kier alpha value is -1.02. The molecule has 0 heterocycles. The Morgan fingerprint density at radius 2 is 1.48 bits per heavy atom. The molecule has 0 N–H and O–H groups in total. The lowest BCUT2D eigenvalue weighted by molar-refractivity contribution is 0.150. The Bertz CT molecular complexity index is 543. The molecule has 7 heteroatoms. The van der Waals surface area contributed by atoms with E-state index in [0.29, 0.717) is 11.1 Å². The van der Waals surface area contributed by atoms with Gasteiger partial charge in [0.25, 0.3) is 0 Å². The summed E-state index contributed by atoms with van der Waals surface area (Å²) in [6, 6.07) is 2.45. The van der Waals surface area contributed by atoms with Crippen molar-refractivity contribution in [2.45, 2.75) is 18.7 Å². The van der Waals surface area contributed by atoms with Crippen molar-refractivity contribution >= 4 is 10.0 Å². The molecule has 0 atom stereocenters. The third kappa shape index (κ3) is 4.47. The van der Waals surface area contributed by atoms with Crippen molar-refractivity contribution in [3.63, 3.8) is 0 Å². The monoisotopic (exact) mass is 319 g/mol. The van der Waals surface area contributed by atoms with Crippen LogP contribution < -0.4 is 0 Å². The summed E-state index contributed by atoms with van der Waals surface area (Å²) in [5, 5.41) is 0. The minimum atomic E-state index is -3.72. The second kappa shape index (κ2) is 7.84. The van der Waals surface area contributed by atoms with Crippen LogP contribution in [0.2, 0.25) is 0 Å². The fraction of sp³-hybridized carbons (Fsp3) is 0.571. The van der Waals surface area contributed by atoms with Gasteiger partial charge in [-0.05, 0) is 37.1 Å². The van der Waals surface area contributed by atoms with Crippen LogP contribution in [0.5, 0.6) is 0 Å². The number of hydrogen-bond donors (Lipinski definition) is 0. The molecule has 0 bridgehead atoms. The summed E-state index contributed by atoms with van der Waals surface area (Å²) in [6.07, 6.45) is 0. The van der Waals surface area contributed by atoms with Gasteiger partial charge in [0.05, 0.1) is 18.1 Å². The minimum Gasteiger partial charge on any atom is -0.383 e. The van der Waals surface area contributed by atoms with Gasteiger partial charge in [0, 0.05) is 27.3 Å². The maximum Gasteiger partial charge on any atom is 0.243 e. The first-order valence-corrected chi connectivity index (χ1v) is 8.03. The summed E-state index contributed by atoms with van der Waals surface area (Å²) in [4.78, 5) is 0.149. The lowest BCUT2D eigenvalue weighted by Gasteiger charge is -2.23. The first-order valence-electron chi connectivity index (χ1n) is 6.59. The van der Waals surface area contributed by atoms with Gasteiger partial charge in [0.2, 0.25) is 10.0 Å². The quantitative estimate of drug-likeness (QED) is 0.732. The van der Waals surface area contributed by atoms with Crippen LogP contribution in [0.3, 0.4) is 0 Å². The van der Waals surface area contributed by atoms with Crippen molar-refractivity contribution in [3.8, 4) is 0 Å². The van der Waals surface area contributed by atoms with E-state index in [1.165, 1.54) is 30.7 Å². The molecule has 1 aromatic rings. The van der Waals surface area contributed by atoms with Crippen molar-refractivity contribution in [2.24, 2.45) is 0 Å². The van der Waals surface area contributed by atoms with E-state index in [4.69, 9.17) is 9.47 Å². The molecule has 0 radical (unpaired) electrons. The molecular formula is C14H22FNO4S. The molecule has 0 spiro atoms. The van der Waals surface area contributed by atoms with Crippen molar-refractivity contribution in [1.82, 2.24) is 4.31 Å². The largest absolute Gasteiger partial charge is 0.383 e. The van der Waals surface area contributed by atoms with E-state index in [1.807, 2.05) is 0 Å². The first kappa shape index (κ1) is 18.0. The number of nitrogens with zero attached hydrogens (tertiary/aromatic N) is 1. The number of sulfonamides is 1. The van der Waals surface area contributed by atoms with Gasteiger partial charge in [-0.15, -0.1) is 0 Å². The third-order valence-corrected chi connectivity index (χ3v) is 5.32. The number of hydrogen-bond acceptors (Lipinski definition) is 4. The van der Waals surface area contributed by atoms with Gasteiger partial charge >= 0.3 is 0 Å². The van der Waals surface area contributed by atoms with E-state index in [-0.39, 0.29) is 31.2 Å². The minimum absolute atomic E-state index is 0.149. The molecule has 5 nitrogen and oxygen atoms in total. The summed E-state index contributed by atoms with van der Waals surface area (Å²) >= 11 is 0. The highest BCUT2D eigenvalue weighted by molar-refractivity contribution is 7.89. The molecular weight excluding hydrogens is 297 g/mol. The maximum absolute atomic E-state index is 13.4. The standard InChI is InChI=1S/C14H22FNO4S/c1-11-9-13(15)10-12(2)14(11)21(17,18)16(5-7-19-3)6-8-20-4/h9-10H,5-8H2,1-4H3. The summed E-state index contributed by atoms with van der Waals surface area (Å²) < 4.78 is 50.1. The zero-order chi connectivity index (χ0) is 16.0. The number of methoxy groups -OCH3 is 2. The Labute approximate surface area is 125 Å². The highest BCUT2D eigenvalue weighted by Crippen LogP contribution is 2.24. The molecule has 0 unspecified atom stereocenters. The van der Waals surface area contributed by atoms with Gasteiger partial charge in [-0.3, -0.25) is 0 Å². The second-order valence-electron chi connectivity index (χ2n) is 4.76. The zero-order valence-corrected chi connectivity index (χ0v) is 13.7. The highest BCUT2D eigenvalue weighted by Gasteiger charge is 2.27. The molecule has 21 heavy (non-hydrogen) atoms. The van der Waals surface area contributed by atoms with E-state index >= 15 is 0 Å². The molecule has 0 fully saturated rings. The number of aryl methyl sites for hydroxylation is 2. The topological polar surface area (TPSA) is 55.8 Å². The molecule has 1 rings (SSSR count). The molecule has 0 aliphatic rings. The fourth-order valence-electron chi connectivity index (χ4n) is 2.17. The lowest BCUT2D eigenvalue weighted by Crippen LogP contribution is -2.37. The average Bonchev–Trinajstić information content (AvgIpc) is 2.36. The van der Waals surface area contributed by atoms with Crippen LogP contribution in [-0.4, -0.2) is 53.2 Å². The van der Waals surface area contributed by atoms with Gasteiger partial charge in [-0.25, -0.2) is 12.8 Å². The average molecular weight is 319 g/mol.